The number of carboxylic acid groups (broad SMARTS) is 2. The Morgan fingerprint density at radius 1 is 1.25 bits per heavy atom. The highest BCUT2D eigenvalue weighted by molar-refractivity contribution is 8.00. The number of carbonyl (C=O) groups excluding carboxylic acids is 2. The van der Waals surface area contributed by atoms with Crippen molar-refractivity contribution in [2.45, 2.75) is 31.8 Å². The van der Waals surface area contributed by atoms with Crippen LogP contribution >= 0.6 is 23.4 Å². The van der Waals surface area contributed by atoms with Gasteiger partial charge in [-0.2, -0.15) is 0 Å². The van der Waals surface area contributed by atoms with E-state index in [1.165, 1.54) is 35.8 Å². The molecule has 2 atom stereocenters. The minimum Gasteiger partial charge on any atom is -0.477 e. The van der Waals surface area contributed by atoms with Crippen LogP contribution in [-0.2, 0) is 25.7 Å². The minimum absolute atomic E-state index is 0.0126. The summed E-state index contributed by atoms with van der Waals surface area (Å²) in [6.07, 6.45) is 1.24. The number of aromatic nitrogens is 1. The van der Waals surface area contributed by atoms with Crippen LogP contribution in [0.5, 0.6) is 0 Å². The fraction of sp³-hybridized carbons (Fsp3) is 0.318. The molecule has 2 aliphatic rings. The van der Waals surface area contributed by atoms with Crippen LogP contribution in [0.15, 0.2) is 34.4 Å². The zero-order chi connectivity index (χ0) is 26.9. The van der Waals surface area contributed by atoms with Crippen molar-refractivity contribution in [1.82, 2.24) is 9.47 Å². The minimum atomic E-state index is -1.33. The molecule has 2 aliphatic heterocycles. The van der Waals surface area contributed by atoms with Crippen LogP contribution in [0.2, 0.25) is 5.02 Å². The zero-order valence-electron chi connectivity index (χ0n) is 19.0. The molecule has 36 heavy (non-hydrogen) atoms. The summed E-state index contributed by atoms with van der Waals surface area (Å²) < 4.78 is 19.7. The molecule has 1 fully saturated rings. The number of rotatable bonds is 5. The lowest BCUT2D eigenvalue weighted by molar-refractivity contribution is -0.148. The van der Waals surface area contributed by atoms with Gasteiger partial charge in [0.25, 0.3) is 0 Å². The van der Waals surface area contributed by atoms with Gasteiger partial charge >= 0.3 is 17.9 Å². The number of fused-ring (bicyclic) bond motifs is 2. The summed E-state index contributed by atoms with van der Waals surface area (Å²) in [6, 6.07) is 1.64. The predicted octanol–water partition coefficient (Wildman–Crippen LogP) is 1.64. The van der Waals surface area contributed by atoms with E-state index in [1.807, 2.05) is 0 Å². The molecule has 0 saturated carbocycles. The molecular weight excluding hydrogens is 521 g/mol. The summed E-state index contributed by atoms with van der Waals surface area (Å²) in [4.78, 5) is 57.5. The van der Waals surface area contributed by atoms with Crippen LogP contribution in [0.3, 0.4) is 0 Å². The molecule has 1 saturated heterocycles. The molecule has 0 bridgehead atoms. The second-order valence-corrected chi connectivity index (χ2v) is 9.23. The predicted molar refractivity (Wildman–Crippen MR) is 128 cm³/mol. The number of carbonyl (C=O) groups is 4. The second-order valence-electron chi connectivity index (χ2n) is 7.72. The Labute approximate surface area is 212 Å². The average Bonchev–Trinajstić information content (AvgIpc) is 2.83. The number of aromatic carboxylic acids is 1. The van der Waals surface area contributed by atoms with E-state index in [9.17, 15) is 28.4 Å². The van der Waals surface area contributed by atoms with Crippen molar-refractivity contribution in [3.05, 3.63) is 56.2 Å². The molecule has 192 valence electrons. The third-order valence-corrected chi connectivity index (χ3v) is 7.08. The van der Waals surface area contributed by atoms with Crippen LogP contribution in [0.25, 0.3) is 10.9 Å². The van der Waals surface area contributed by atoms with Gasteiger partial charge in [0.15, 0.2) is 0 Å². The molecule has 4 N–H and O–H groups in total. The quantitative estimate of drug-likeness (QED) is 0.373. The third kappa shape index (κ3) is 5.08. The van der Waals surface area contributed by atoms with Gasteiger partial charge < -0.3 is 25.3 Å². The van der Waals surface area contributed by atoms with Crippen molar-refractivity contribution >= 4 is 58.1 Å². The van der Waals surface area contributed by atoms with Gasteiger partial charge in [-0.3, -0.25) is 19.3 Å². The Balaban J connectivity index is 0.000000201. The molecular formula is C22H21ClFN3O8S. The molecule has 0 spiro atoms. The highest BCUT2D eigenvalue weighted by Crippen LogP contribution is 2.39. The summed E-state index contributed by atoms with van der Waals surface area (Å²) in [7, 11) is 0. The van der Waals surface area contributed by atoms with Crippen LogP contribution in [0.4, 0.5) is 4.39 Å². The number of hydrogen-bond donors (Lipinski definition) is 3. The van der Waals surface area contributed by atoms with Gasteiger partial charge in [0.1, 0.15) is 35.1 Å². The van der Waals surface area contributed by atoms with E-state index in [0.717, 1.165) is 6.07 Å². The number of thioether (sulfide) groups is 1. The van der Waals surface area contributed by atoms with Gasteiger partial charge in [-0.05, 0) is 19.1 Å². The van der Waals surface area contributed by atoms with E-state index in [0.29, 0.717) is 23.4 Å². The van der Waals surface area contributed by atoms with Gasteiger partial charge in [0.05, 0.1) is 10.5 Å². The lowest BCUT2D eigenvalue weighted by Gasteiger charge is -2.47. The zero-order valence-corrected chi connectivity index (χ0v) is 20.6. The highest BCUT2D eigenvalue weighted by atomic mass is 35.5. The van der Waals surface area contributed by atoms with Crippen LogP contribution < -0.4 is 11.2 Å². The number of ether oxygens (including phenoxy) is 1. The third-order valence-electron chi connectivity index (χ3n) is 5.43. The number of esters is 1. The first-order chi connectivity index (χ1) is 16.9. The van der Waals surface area contributed by atoms with E-state index in [-0.39, 0.29) is 33.7 Å². The monoisotopic (exact) mass is 541 g/mol. The Hall–Kier alpha value is -3.42. The number of benzene rings is 1. The topological polar surface area (TPSA) is 169 Å². The highest BCUT2D eigenvalue weighted by Gasteiger charge is 2.51. The van der Waals surface area contributed by atoms with Crippen LogP contribution in [0, 0.1) is 5.82 Å². The number of nitrogens with zero attached hydrogens (tertiary/aromatic N) is 2. The fourth-order valence-electron chi connectivity index (χ4n) is 3.68. The number of hydrogen-bond acceptors (Lipinski definition) is 8. The van der Waals surface area contributed by atoms with Crippen molar-refractivity contribution in [3.63, 3.8) is 0 Å². The molecule has 1 aromatic carbocycles. The number of β-lactam (4-membered cyclic amide) rings is 1. The Morgan fingerprint density at radius 3 is 2.47 bits per heavy atom. The van der Waals surface area contributed by atoms with E-state index < -0.39 is 41.1 Å². The van der Waals surface area contributed by atoms with Crippen molar-refractivity contribution in [2.24, 2.45) is 5.73 Å². The van der Waals surface area contributed by atoms with Crippen molar-refractivity contribution in [1.29, 1.82) is 0 Å². The first kappa shape index (κ1) is 27.2. The van der Waals surface area contributed by atoms with E-state index in [1.54, 1.807) is 11.5 Å². The Morgan fingerprint density at radius 2 is 1.92 bits per heavy atom. The van der Waals surface area contributed by atoms with Gasteiger partial charge in [0, 0.05) is 36.4 Å². The van der Waals surface area contributed by atoms with Gasteiger partial charge in [0.2, 0.25) is 11.3 Å². The SMILES string of the molecule is CC(=O)OCC1=C(C(=O)O)N2C(=O)C(N)C2SC1.CCn1cc(C(=O)O)c(=O)c2cc(F)c(Cl)cc21. The summed E-state index contributed by atoms with van der Waals surface area (Å²) >= 11 is 7.04. The van der Waals surface area contributed by atoms with E-state index in [2.05, 4.69) is 0 Å². The molecule has 11 nitrogen and oxygen atoms in total. The number of nitrogens with two attached hydrogens (primary N) is 1. The van der Waals surface area contributed by atoms with E-state index in [4.69, 9.17) is 32.3 Å². The second kappa shape index (κ2) is 10.7. The Bertz CT molecular complexity index is 1380. The first-order valence-electron chi connectivity index (χ1n) is 10.4. The number of halogens is 2. The summed E-state index contributed by atoms with van der Waals surface area (Å²) in [5, 5.41) is 17.7. The lowest BCUT2D eigenvalue weighted by atomic mass is 10.0. The fourth-order valence-corrected chi connectivity index (χ4v) is 5.11. The molecule has 3 heterocycles. The number of amides is 1. The lowest BCUT2D eigenvalue weighted by Crippen LogP contribution is -2.68. The van der Waals surface area contributed by atoms with Crippen molar-refractivity contribution in [3.8, 4) is 0 Å². The maximum absolute atomic E-state index is 13.4. The number of pyridine rings is 1. The molecule has 14 heteroatoms. The molecule has 1 amide bonds. The van der Waals surface area contributed by atoms with Crippen molar-refractivity contribution in [2.75, 3.05) is 12.4 Å². The summed E-state index contributed by atoms with van der Waals surface area (Å²) in [6.45, 7) is 3.35. The summed E-state index contributed by atoms with van der Waals surface area (Å²) in [5.74, 6) is -3.80. The number of carboxylic acids is 2. The summed E-state index contributed by atoms with van der Waals surface area (Å²) in [5.41, 5.74) is 5.23. The first-order valence-corrected chi connectivity index (χ1v) is 11.9. The van der Waals surface area contributed by atoms with Gasteiger partial charge in [-0.25, -0.2) is 14.0 Å². The Kier molecular flexibility index (Phi) is 8.06. The largest absolute Gasteiger partial charge is 0.477 e. The van der Waals surface area contributed by atoms with Crippen LogP contribution in [-0.4, -0.2) is 67.3 Å². The smallest absolute Gasteiger partial charge is 0.352 e. The van der Waals surface area contributed by atoms with E-state index >= 15 is 0 Å². The van der Waals surface area contributed by atoms with Gasteiger partial charge in [-0.15, -0.1) is 11.8 Å². The number of aliphatic carboxylic acids is 1. The molecule has 4 rings (SSSR count). The molecule has 0 aliphatic carbocycles. The van der Waals surface area contributed by atoms with Gasteiger partial charge in [-0.1, -0.05) is 11.6 Å². The number of aryl methyl sites for hydroxylation is 1. The van der Waals surface area contributed by atoms with Crippen molar-refractivity contribution < 1.29 is 38.5 Å². The molecule has 1 aromatic heterocycles. The van der Waals surface area contributed by atoms with Crippen LogP contribution in [0.1, 0.15) is 24.2 Å². The molecule has 2 aromatic rings. The maximum Gasteiger partial charge on any atom is 0.352 e. The maximum atomic E-state index is 13.4. The average molecular weight is 542 g/mol. The standard InChI is InChI=1S/C12H9ClFNO3.C10H12N2O5S/c1-2-15-5-7(12(17)18)11(16)6-3-9(14)8(13)4-10(6)15;1-4(13)17-2-5-3-18-9-6(11)8(14)12(9)7(5)10(15)16/h3-5H,2H2,1H3,(H,17,18);6,9H,2-3,11H2,1H3,(H,15,16). The molecule has 0 radical (unpaired) electrons. The normalized spacial score (nSPS) is 18.7. The molecule has 2 unspecified atom stereocenters.